The summed E-state index contributed by atoms with van der Waals surface area (Å²) in [4.78, 5) is 12.2. The van der Waals surface area contributed by atoms with Crippen molar-refractivity contribution in [2.24, 2.45) is 5.10 Å². The van der Waals surface area contributed by atoms with Gasteiger partial charge in [-0.3, -0.25) is 9.10 Å². The maximum Gasteiger partial charge on any atom is 0.260 e. The van der Waals surface area contributed by atoms with Crippen molar-refractivity contribution < 1.29 is 17.9 Å². The summed E-state index contributed by atoms with van der Waals surface area (Å²) in [6.07, 6.45) is 2.48. The van der Waals surface area contributed by atoms with Crippen molar-refractivity contribution in [3.05, 3.63) is 59.2 Å². The Morgan fingerprint density at radius 3 is 2.38 bits per heavy atom. The lowest BCUT2D eigenvalue weighted by Gasteiger charge is -2.22. The number of nitriles is 1. The van der Waals surface area contributed by atoms with Crippen LogP contribution in [0.1, 0.15) is 16.7 Å². The van der Waals surface area contributed by atoms with Crippen molar-refractivity contribution in [2.75, 3.05) is 23.7 Å². The molecule has 0 bridgehead atoms. The number of aryl methyl sites for hydroxylation is 2. The second-order valence-electron chi connectivity index (χ2n) is 6.42. The van der Waals surface area contributed by atoms with Crippen LogP contribution < -0.4 is 14.5 Å². The molecule has 9 heteroatoms. The number of amides is 1. The summed E-state index contributed by atoms with van der Waals surface area (Å²) >= 11 is 0. The monoisotopic (exact) mass is 414 g/mol. The number of nitrogens with zero attached hydrogens (tertiary/aromatic N) is 3. The molecule has 152 valence electrons. The molecule has 1 N–H and O–H groups in total. The molecule has 0 aliphatic carbocycles. The predicted molar refractivity (Wildman–Crippen MR) is 111 cm³/mol. The molecule has 0 spiro atoms. The van der Waals surface area contributed by atoms with Crippen LogP contribution in [0.3, 0.4) is 0 Å². The lowest BCUT2D eigenvalue weighted by molar-refractivity contribution is -0.119. The zero-order chi connectivity index (χ0) is 21.4. The lowest BCUT2D eigenvalue weighted by Crippen LogP contribution is -2.39. The molecule has 0 radical (unpaired) electrons. The highest BCUT2D eigenvalue weighted by atomic mass is 32.2. The number of hydrogen-bond donors (Lipinski definition) is 1. The SMILES string of the molecule is Cc1cc(C)cc(N(CC(=O)N/N=C\c2ccc(OCC#N)cc2)S(C)(=O)=O)c1. The van der Waals surface area contributed by atoms with E-state index in [2.05, 4.69) is 10.5 Å². The van der Waals surface area contributed by atoms with Crippen molar-refractivity contribution >= 4 is 27.8 Å². The van der Waals surface area contributed by atoms with Gasteiger partial charge in [0.2, 0.25) is 10.0 Å². The summed E-state index contributed by atoms with van der Waals surface area (Å²) in [5.74, 6) is -0.0233. The van der Waals surface area contributed by atoms with Crippen LogP contribution in [0.15, 0.2) is 47.6 Å². The Bertz CT molecular complexity index is 1020. The minimum atomic E-state index is -3.65. The third-order valence-electron chi connectivity index (χ3n) is 3.77. The smallest absolute Gasteiger partial charge is 0.260 e. The maximum atomic E-state index is 12.2. The van der Waals surface area contributed by atoms with Crippen LogP contribution in [-0.4, -0.2) is 39.9 Å². The van der Waals surface area contributed by atoms with E-state index in [1.165, 1.54) is 6.21 Å². The van der Waals surface area contributed by atoms with Gasteiger partial charge in [-0.25, -0.2) is 13.8 Å². The molecule has 0 heterocycles. The van der Waals surface area contributed by atoms with E-state index >= 15 is 0 Å². The standard InChI is InChI=1S/C20H22N4O4S/c1-15-10-16(2)12-18(11-15)24(29(3,26)27)14-20(25)23-22-13-17-4-6-19(7-5-17)28-9-8-21/h4-7,10-13H,9,14H2,1-3H3,(H,23,25)/b22-13-. The first-order valence-electron chi connectivity index (χ1n) is 8.67. The first kappa shape index (κ1) is 21.9. The number of hydrazone groups is 1. The molecule has 0 unspecified atom stereocenters. The predicted octanol–water partition coefficient (Wildman–Crippen LogP) is 2.12. The zero-order valence-electron chi connectivity index (χ0n) is 16.4. The summed E-state index contributed by atoms with van der Waals surface area (Å²) in [6, 6.07) is 14.0. The molecule has 2 aromatic carbocycles. The number of carbonyl (C=O) groups is 1. The average Bonchev–Trinajstić information content (AvgIpc) is 2.63. The van der Waals surface area contributed by atoms with E-state index in [0.29, 0.717) is 17.0 Å². The maximum absolute atomic E-state index is 12.2. The lowest BCUT2D eigenvalue weighted by atomic mass is 10.1. The minimum Gasteiger partial charge on any atom is -0.479 e. The van der Waals surface area contributed by atoms with Crippen molar-refractivity contribution in [2.45, 2.75) is 13.8 Å². The van der Waals surface area contributed by atoms with Gasteiger partial charge in [-0.2, -0.15) is 10.4 Å². The molecule has 8 nitrogen and oxygen atoms in total. The van der Waals surface area contributed by atoms with Crippen LogP contribution in [0.2, 0.25) is 0 Å². The van der Waals surface area contributed by atoms with Gasteiger partial charge in [0.1, 0.15) is 18.4 Å². The second kappa shape index (κ2) is 9.71. The highest BCUT2D eigenvalue weighted by Crippen LogP contribution is 2.21. The highest BCUT2D eigenvalue weighted by molar-refractivity contribution is 7.92. The number of rotatable bonds is 8. The van der Waals surface area contributed by atoms with Gasteiger partial charge in [0.05, 0.1) is 18.2 Å². The fourth-order valence-corrected chi connectivity index (χ4v) is 3.45. The Kier molecular flexibility index (Phi) is 7.33. The van der Waals surface area contributed by atoms with Gasteiger partial charge in [-0.05, 0) is 66.9 Å². The van der Waals surface area contributed by atoms with Gasteiger partial charge in [-0.15, -0.1) is 0 Å². The number of carbonyl (C=O) groups excluding carboxylic acids is 1. The highest BCUT2D eigenvalue weighted by Gasteiger charge is 2.21. The third kappa shape index (κ3) is 6.93. The van der Waals surface area contributed by atoms with Gasteiger partial charge in [0, 0.05) is 0 Å². The van der Waals surface area contributed by atoms with Gasteiger partial charge in [0.25, 0.3) is 5.91 Å². The molecule has 0 saturated carbocycles. The van der Waals surface area contributed by atoms with E-state index in [-0.39, 0.29) is 13.2 Å². The van der Waals surface area contributed by atoms with Gasteiger partial charge >= 0.3 is 0 Å². The van der Waals surface area contributed by atoms with Crippen LogP contribution >= 0.6 is 0 Å². The Labute approximate surface area is 170 Å². The van der Waals surface area contributed by atoms with Crippen LogP contribution in [-0.2, 0) is 14.8 Å². The minimum absolute atomic E-state index is 0.0409. The summed E-state index contributed by atoms with van der Waals surface area (Å²) in [5, 5.41) is 12.3. The Balaban J connectivity index is 2.03. The molecule has 0 atom stereocenters. The van der Waals surface area contributed by atoms with E-state index in [4.69, 9.17) is 10.00 Å². The fourth-order valence-electron chi connectivity index (χ4n) is 2.60. The van der Waals surface area contributed by atoms with Gasteiger partial charge in [0.15, 0.2) is 6.61 Å². The number of benzene rings is 2. The first-order valence-corrected chi connectivity index (χ1v) is 10.5. The second-order valence-corrected chi connectivity index (χ2v) is 8.33. The molecular weight excluding hydrogens is 392 g/mol. The summed E-state index contributed by atoms with van der Waals surface area (Å²) in [7, 11) is -3.65. The topological polar surface area (TPSA) is 112 Å². The van der Waals surface area contributed by atoms with Crippen molar-refractivity contribution in [1.29, 1.82) is 5.26 Å². The van der Waals surface area contributed by atoms with Crippen LogP contribution in [0, 0.1) is 25.2 Å². The Morgan fingerprint density at radius 1 is 1.21 bits per heavy atom. The summed E-state index contributed by atoms with van der Waals surface area (Å²) < 4.78 is 30.5. The molecule has 0 aromatic heterocycles. The number of nitrogens with one attached hydrogen (secondary N) is 1. The van der Waals surface area contributed by atoms with E-state index in [1.807, 2.05) is 26.0 Å². The van der Waals surface area contributed by atoms with Gasteiger partial charge in [-0.1, -0.05) is 6.07 Å². The van der Waals surface area contributed by atoms with E-state index in [1.54, 1.807) is 36.4 Å². The number of hydrogen-bond acceptors (Lipinski definition) is 6. The molecule has 2 rings (SSSR count). The Morgan fingerprint density at radius 2 is 1.83 bits per heavy atom. The van der Waals surface area contributed by atoms with Crippen molar-refractivity contribution in [3.8, 4) is 11.8 Å². The number of anilines is 1. The van der Waals surface area contributed by atoms with Gasteiger partial charge < -0.3 is 4.74 Å². The third-order valence-corrected chi connectivity index (χ3v) is 4.91. The van der Waals surface area contributed by atoms with E-state index in [0.717, 1.165) is 21.7 Å². The summed E-state index contributed by atoms with van der Waals surface area (Å²) in [6.45, 7) is 3.29. The Hall–Kier alpha value is -3.38. The number of sulfonamides is 1. The van der Waals surface area contributed by atoms with Crippen molar-refractivity contribution in [1.82, 2.24) is 5.43 Å². The summed E-state index contributed by atoms with van der Waals surface area (Å²) in [5.41, 5.74) is 5.25. The largest absolute Gasteiger partial charge is 0.479 e. The van der Waals surface area contributed by atoms with E-state index < -0.39 is 15.9 Å². The molecule has 1 amide bonds. The average molecular weight is 414 g/mol. The van der Waals surface area contributed by atoms with Crippen molar-refractivity contribution in [3.63, 3.8) is 0 Å². The first-order chi connectivity index (χ1) is 13.7. The molecule has 29 heavy (non-hydrogen) atoms. The molecule has 0 aliphatic heterocycles. The molecule has 0 saturated heterocycles. The van der Waals surface area contributed by atoms with Crippen LogP contribution in [0.25, 0.3) is 0 Å². The van der Waals surface area contributed by atoms with Crippen LogP contribution in [0.4, 0.5) is 5.69 Å². The number of ether oxygens (including phenoxy) is 1. The molecule has 0 fully saturated rings. The normalized spacial score (nSPS) is 11.1. The zero-order valence-corrected chi connectivity index (χ0v) is 17.2. The molecule has 0 aliphatic rings. The molecule has 2 aromatic rings. The molecular formula is C20H22N4O4S. The van der Waals surface area contributed by atoms with Crippen LogP contribution in [0.5, 0.6) is 5.75 Å². The van der Waals surface area contributed by atoms with E-state index in [9.17, 15) is 13.2 Å². The quantitative estimate of drug-likeness (QED) is 0.525. The fraction of sp³-hybridized carbons (Fsp3) is 0.250.